The minimum absolute atomic E-state index is 0.132. The van der Waals surface area contributed by atoms with Gasteiger partial charge in [0.15, 0.2) is 0 Å². The van der Waals surface area contributed by atoms with Crippen LogP contribution in [0.3, 0.4) is 0 Å². The van der Waals surface area contributed by atoms with Crippen LogP contribution < -0.4 is 14.9 Å². The third kappa shape index (κ3) is 4.25. The van der Waals surface area contributed by atoms with Gasteiger partial charge in [-0.05, 0) is 69.1 Å². The first kappa shape index (κ1) is 22.7. The summed E-state index contributed by atoms with van der Waals surface area (Å²) in [5.41, 5.74) is 1.57. The summed E-state index contributed by atoms with van der Waals surface area (Å²) in [6.45, 7) is 1.81. The number of carbonyl (C=O) groups is 1. The van der Waals surface area contributed by atoms with Gasteiger partial charge in [0.1, 0.15) is 11.6 Å². The Labute approximate surface area is 196 Å². The summed E-state index contributed by atoms with van der Waals surface area (Å²) in [5.74, 6) is -1.70. The molecule has 2 saturated heterocycles. The van der Waals surface area contributed by atoms with Gasteiger partial charge in [-0.3, -0.25) is 4.79 Å². The number of fused-ring (bicyclic) bond motifs is 1. The molecule has 180 valence electrons. The average Bonchev–Trinajstić information content (AvgIpc) is 3.48. The molecule has 8 nitrogen and oxygen atoms in total. The van der Waals surface area contributed by atoms with E-state index in [0.717, 1.165) is 24.2 Å². The fourth-order valence-corrected chi connectivity index (χ4v) is 6.26. The monoisotopic (exact) mass is 489 g/mol. The van der Waals surface area contributed by atoms with Gasteiger partial charge in [-0.1, -0.05) is 0 Å². The molecule has 1 atom stereocenters. The highest BCUT2D eigenvalue weighted by atomic mass is 32.2. The van der Waals surface area contributed by atoms with Crippen molar-refractivity contribution in [3.63, 3.8) is 0 Å². The van der Waals surface area contributed by atoms with Gasteiger partial charge < -0.3 is 10.2 Å². The van der Waals surface area contributed by atoms with Crippen LogP contribution in [0, 0.1) is 11.6 Å². The summed E-state index contributed by atoms with van der Waals surface area (Å²) in [6, 6.07) is 6.63. The Hall–Kier alpha value is -3.05. The van der Waals surface area contributed by atoms with Gasteiger partial charge >= 0.3 is 0 Å². The van der Waals surface area contributed by atoms with Gasteiger partial charge in [0, 0.05) is 24.0 Å². The second-order valence-corrected chi connectivity index (χ2v) is 10.7. The van der Waals surface area contributed by atoms with Crippen LogP contribution in [-0.4, -0.2) is 48.8 Å². The van der Waals surface area contributed by atoms with E-state index in [1.54, 1.807) is 18.3 Å². The summed E-state index contributed by atoms with van der Waals surface area (Å²) < 4.78 is 57.4. The molecule has 0 spiro atoms. The second kappa shape index (κ2) is 8.95. The number of nitrogens with zero attached hydrogens (tertiary/aromatic N) is 3. The molecule has 5 rings (SSSR count). The number of benzene rings is 1. The number of sulfonamides is 1. The SMILES string of the molecule is O=C(NS(=O)(=O)C1CCNCC1)c1cnn2ccc(N3CCC[C@@H]3c3cc(F)ccc3F)cc12. The first-order chi connectivity index (χ1) is 16.3. The average molecular weight is 490 g/mol. The molecular formula is C23H25F2N5O3S. The van der Waals surface area contributed by atoms with Crippen molar-refractivity contribution in [2.75, 3.05) is 24.5 Å². The lowest BCUT2D eigenvalue weighted by Crippen LogP contribution is -2.43. The zero-order valence-corrected chi connectivity index (χ0v) is 19.2. The Balaban J connectivity index is 1.44. The maximum Gasteiger partial charge on any atom is 0.268 e. The van der Waals surface area contributed by atoms with Crippen LogP contribution in [0.2, 0.25) is 0 Å². The van der Waals surface area contributed by atoms with E-state index in [1.807, 2.05) is 4.90 Å². The topological polar surface area (TPSA) is 95.8 Å². The lowest BCUT2D eigenvalue weighted by molar-refractivity contribution is 0.0982. The molecule has 1 aromatic carbocycles. The van der Waals surface area contributed by atoms with Crippen LogP contribution in [0.5, 0.6) is 0 Å². The highest BCUT2D eigenvalue weighted by Gasteiger charge is 2.31. The molecule has 3 aromatic rings. The third-order valence-electron chi connectivity index (χ3n) is 6.61. The van der Waals surface area contributed by atoms with E-state index in [1.165, 1.54) is 16.8 Å². The van der Waals surface area contributed by atoms with Gasteiger partial charge in [-0.2, -0.15) is 5.10 Å². The van der Waals surface area contributed by atoms with Crippen LogP contribution in [0.4, 0.5) is 14.5 Å². The van der Waals surface area contributed by atoms with E-state index in [2.05, 4.69) is 15.1 Å². The Morgan fingerprint density at radius 1 is 1.12 bits per heavy atom. The first-order valence-corrected chi connectivity index (χ1v) is 12.8. The summed E-state index contributed by atoms with van der Waals surface area (Å²) in [7, 11) is -3.82. The van der Waals surface area contributed by atoms with Crippen molar-refractivity contribution < 1.29 is 22.0 Å². The van der Waals surface area contributed by atoms with Crippen LogP contribution in [-0.2, 0) is 10.0 Å². The summed E-state index contributed by atoms with van der Waals surface area (Å²) in [4.78, 5) is 14.9. The predicted molar refractivity (Wildman–Crippen MR) is 123 cm³/mol. The molecule has 2 N–H and O–H groups in total. The number of piperidine rings is 1. The number of pyridine rings is 1. The molecule has 4 heterocycles. The molecule has 2 aliphatic rings. The van der Waals surface area contributed by atoms with Crippen LogP contribution in [0.1, 0.15) is 47.6 Å². The second-order valence-electron chi connectivity index (χ2n) is 8.72. The fraction of sp³-hybridized carbons (Fsp3) is 0.391. The molecule has 0 radical (unpaired) electrons. The maximum atomic E-state index is 14.5. The van der Waals surface area contributed by atoms with Crippen molar-refractivity contribution in [2.24, 2.45) is 0 Å². The molecule has 1 amide bonds. The number of halogens is 2. The van der Waals surface area contributed by atoms with Gasteiger partial charge in [0.25, 0.3) is 5.91 Å². The molecule has 2 aromatic heterocycles. The maximum absolute atomic E-state index is 14.5. The van der Waals surface area contributed by atoms with Crippen molar-refractivity contribution in [1.82, 2.24) is 19.7 Å². The largest absolute Gasteiger partial charge is 0.364 e. The standard InChI is InChI=1S/C23H25F2N5O3S/c24-15-3-4-20(25)18(12-15)21-2-1-10-29(21)16-7-11-30-22(13-16)19(14-27-30)23(31)28-34(32,33)17-5-8-26-9-6-17/h3-4,7,11-14,17,21,26H,1-2,5-6,8-10H2,(H,28,31)/t21-/m1/s1. The van der Waals surface area contributed by atoms with Crippen molar-refractivity contribution in [3.8, 4) is 0 Å². The van der Waals surface area contributed by atoms with E-state index < -0.39 is 32.8 Å². The molecule has 0 saturated carbocycles. The van der Waals surface area contributed by atoms with Crippen molar-refractivity contribution in [1.29, 1.82) is 0 Å². The van der Waals surface area contributed by atoms with E-state index in [4.69, 9.17) is 0 Å². The fourth-order valence-electron chi connectivity index (χ4n) is 4.87. The Morgan fingerprint density at radius 2 is 1.91 bits per heavy atom. The van der Waals surface area contributed by atoms with E-state index in [0.29, 0.717) is 44.4 Å². The Kier molecular flexibility index (Phi) is 5.98. The number of aromatic nitrogens is 2. The van der Waals surface area contributed by atoms with Crippen molar-refractivity contribution in [3.05, 3.63) is 65.5 Å². The minimum atomic E-state index is -3.82. The molecule has 11 heteroatoms. The molecule has 2 fully saturated rings. The smallest absolute Gasteiger partial charge is 0.268 e. The number of anilines is 1. The van der Waals surface area contributed by atoms with Crippen molar-refractivity contribution >= 4 is 27.1 Å². The van der Waals surface area contributed by atoms with Crippen LogP contribution in [0.25, 0.3) is 5.52 Å². The van der Waals surface area contributed by atoms with E-state index >= 15 is 0 Å². The van der Waals surface area contributed by atoms with Gasteiger partial charge in [0.2, 0.25) is 10.0 Å². The number of amides is 1. The number of hydrogen-bond acceptors (Lipinski definition) is 6. The third-order valence-corrected chi connectivity index (χ3v) is 8.43. The Morgan fingerprint density at radius 3 is 2.71 bits per heavy atom. The summed E-state index contributed by atoms with van der Waals surface area (Å²) in [6.07, 6.45) is 5.34. The lowest BCUT2D eigenvalue weighted by atomic mass is 10.0. The summed E-state index contributed by atoms with van der Waals surface area (Å²) in [5, 5.41) is 6.66. The summed E-state index contributed by atoms with van der Waals surface area (Å²) >= 11 is 0. The first-order valence-electron chi connectivity index (χ1n) is 11.3. The number of nitrogens with one attached hydrogen (secondary N) is 2. The van der Waals surface area contributed by atoms with E-state index in [-0.39, 0.29) is 17.2 Å². The van der Waals surface area contributed by atoms with E-state index in [9.17, 15) is 22.0 Å². The molecular weight excluding hydrogens is 464 g/mol. The van der Waals surface area contributed by atoms with Crippen LogP contribution in [0.15, 0.2) is 42.7 Å². The van der Waals surface area contributed by atoms with Crippen molar-refractivity contribution in [2.45, 2.75) is 37.0 Å². The molecule has 2 aliphatic heterocycles. The highest BCUT2D eigenvalue weighted by Crippen LogP contribution is 2.38. The zero-order valence-electron chi connectivity index (χ0n) is 18.4. The quantitative estimate of drug-likeness (QED) is 0.572. The molecule has 0 unspecified atom stereocenters. The highest BCUT2D eigenvalue weighted by molar-refractivity contribution is 7.90. The Bertz CT molecular complexity index is 1340. The zero-order chi connectivity index (χ0) is 23.9. The molecule has 0 bridgehead atoms. The van der Waals surface area contributed by atoms with Gasteiger partial charge in [-0.15, -0.1) is 0 Å². The van der Waals surface area contributed by atoms with Gasteiger partial charge in [0.05, 0.1) is 28.6 Å². The lowest BCUT2D eigenvalue weighted by Gasteiger charge is -2.27. The number of rotatable bonds is 5. The van der Waals surface area contributed by atoms with Crippen LogP contribution >= 0.6 is 0 Å². The molecule has 34 heavy (non-hydrogen) atoms. The number of carbonyl (C=O) groups excluding carboxylic acids is 1. The minimum Gasteiger partial charge on any atom is -0.364 e. The predicted octanol–water partition coefficient (Wildman–Crippen LogP) is 2.77. The number of hydrogen-bond donors (Lipinski definition) is 2. The normalized spacial score (nSPS) is 19.6. The van der Waals surface area contributed by atoms with Gasteiger partial charge in [-0.25, -0.2) is 26.4 Å². The molecule has 0 aliphatic carbocycles.